The van der Waals surface area contributed by atoms with E-state index in [0.29, 0.717) is 6.04 Å². The van der Waals surface area contributed by atoms with Crippen molar-refractivity contribution in [3.8, 4) is 0 Å². The molecule has 1 aromatic heterocycles. The molecule has 3 nitrogen and oxygen atoms in total. The summed E-state index contributed by atoms with van der Waals surface area (Å²) in [6, 6.07) is 6.46. The topological polar surface area (TPSA) is 34.2 Å². The van der Waals surface area contributed by atoms with E-state index in [0.717, 1.165) is 44.5 Å². The molecule has 1 heterocycles. The number of aromatic nitrogens is 1. The normalized spacial score (nSPS) is 14.3. The van der Waals surface area contributed by atoms with E-state index in [1.807, 2.05) is 12.3 Å². The molecule has 1 aromatic rings. The van der Waals surface area contributed by atoms with Crippen molar-refractivity contribution in [2.45, 2.75) is 58.6 Å². The molecule has 1 rings (SSSR count). The average molecular weight is 264 g/mol. The van der Waals surface area contributed by atoms with E-state index in [1.54, 1.807) is 0 Å². The molecular formula is C16H28N2O. The molecule has 0 amide bonds. The number of ether oxygens (including phenoxy) is 1. The number of nitrogens with one attached hydrogen (secondary N) is 1. The van der Waals surface area contributed by atoms with Gasteiger partial charge in [-0.15, -0.1) is 0 Å². The zero-order chi connectivity index (χ0) is 13.9. The monoisotopic (exact) mass is 264 g/mol. The third kappa shape index (κ3) is 6.17. The van der Waals surface area contributed by atoms with Crippen molar-refractivity contribution in [2.75, 3.05) is 13.2 Å². The first kappa shape index (κ1) is 16.1. The van der Waals surface area contributed by atoms with Gasteiger partial charge in [-0.3, -0.25) is 4.98 Å². The summed E-state index contributed by atoms with van der Waals surface area (Å²) in [5, 5.41) is 3.62. The molecule has 0 aliphatic heterocycles. The van der Waals surface area contributed by atoms with Gasteiger partial charge in [-0.25, -0.2) is 0 Å². The van der Waals surface area contributed by atoms with Crippen molar-refractivity contribution in [3.05, 3.63) is 30.1 Å². The quantitative estimate of drug-likeness (QED) is 0.704. The molecule has 0 saturated carbocycles. The Labute approximate surface area is 117 Å². The fraction of sp³-hybridized carbons (Fsp3) is 0.688. The van der Waals surface area contributed by atoms with Crippen LogP contribution in [0.2, 0.25) is 0 Å². The molecule has 0 spiro atoms. The van der Waals surface area contributed by atoms with E-state index in [4.69, 9.17) is 4.74 Å². The number of hydrogen-bond donors (Lipinski definition) is 1. The minimum atomic E-state index is 0.281. The Morgan fingerprint density at radius 2 is 2.05 bits per heavy atom. The maximum atomic E-state index is 5.92. The summed E-state index contributed by atoms with van der Waals surface area (Å²) in [7, 11) is 0. The minimum Gasteiger partial charge on any atom is -0.377 e. The van der Waals surface area contributed by atoms with Gasteiger partial charge in [0.15, 0.2) is 0 Å². The van der Waals surface area contributed by atoms with E-state index >= 15 is 0 Å². The molecule has 0 bridgehead atoms. The molecule has 1 N–H and O–H groups in total. The molecule has 2 unspecified atom stereocenters. The standard InChI is InChI=1S/C16H28N2O/c1-4-9-16(19-6-3)15(18-11-5-2)13-14-10-7-8-12-17-14/h7-8,10,12,15-16,18H,4-6,9,11,13H2,1-3H3. The first-order valence-electron chi connectivity index (χ1n) is 7.56. The molecule has 0 fully saturated rings. The van der Waals surface area contributed by atoms with Crippen LogP contribution in [-0.2, 0) is 11.2 Å². The Bertz CT molecular complexity index is 310. The van der Waals surface area contributed by atoms with Crippen LogP contribution in [0.25, 0.3) is 0 Å². The van der Waals surface area contributed by atoms with Gasteiger partial charge in [0.25, 0.3) is 0 Å². The summed E-state index contributed by atoms with van der Waals surface area (Å²) >= 11 is 0. The summed E-state index contributed by atoms with van der Waals surface area (Å²) in [6.45, 7) is 8.28. The number of pyridine rings is 1. The van der Waals surface area contributed by atoms with Gasteiger partial charge in [0.05, 0.1) is 6.10 Å². The molecule has 19 heavy (non-hydrogen) atoms. The van der Waals surface area contributed by atoms with Gasteiger partial charge < -0.3 is 10.1 Å². The minimum absolute atomic E-state index is 0.281. The highest BCUT2D eigenvalue weighted by Gasteiger charge is 2.21. The summed E-state index contributed by atoms with van der Waals surface area (Å²) in [4.78, 5) is 4.43. The maximum absolute atomic E-state index is 5.92. The smallest absolute Gasteiger partial charge is 0.0731 e. The Kier molecular flexibility index (Phi) is 8.43. The Hall–Kier alpha value is -0.930. The van der Waals surface area contributed by atoms with Gasteiger partial charge in [-0.1, -0.05) is 26.3 Å². The van der Waals surface area contributed by atoms with Crippen LogP contribution in [0.5, 0.6) is 0 Å². The molecule has 0 saturated heterocycles. The SMILES string of the molecule is CCCNC(Cc1ccccn1)C(CCC)OCC. The van der Waals surface area contributed by atoms with E-state index in [9.17, 15) is 0 Å². The van der Waals surface area contributed by atoms with Crippen molar-refractivity contribution in [1.29, 1.82) is 0 Å². The zero-order valence-electron chi connectivity index (χ0n) is 12.6. The number of hydrogen-bond acceptors (Lipinski definition) is 3. The highest BCUT2D eigenvalue weighted by atomic mass is 16.5. The molecule has 108 valence electrons. The van der Waals surface area contributed by atoms with Gasteiger partial charge in [0.1, 0.15) is 0 Å². The Morgan fingerprint density at radius 3 is 2.63 bits per heavy atom. The molecule has 0 aliphatic rings. The summed E-state index contributed by atoms with van der Waals surface area (Å²) in [6.07, 6.45) is 6.47. The van der Waals surface area contributed by atoms with Crippen molar-refractivity contribution in [2.24, 2.45) is 0 Å². The molecule has 0 aromatic carbocycles. The third-order valence-corrected chi connectivity index (χ3v) is 3.21. The summed E-state index contributed by atoms with van der Waals surface area (Å²) in [5.74, 6) is 0. The van der Waals surface area contributed by atoms with Crippen molar-refractivity contribution >= 4 is 0 Å². The van der Waals surface area contributed by atoms with Crippen molar-refractivity contribution in [3.63, 3.8) is 0 Å². The van der Waals surface area contributed by atoms with Crippen LogP contribution in [0.4, 0.5) is 0 Å². The van der Waals surface area contributed by atoms with Crippen molar-refractivity contribution < 1.29 is 4.74 Å². The lowest BCUT2D eigenvalue weighted by Gasteiger charge is -2.27. The average Bonchev–Trinajstić information content (AvgIpc) is 2.44. The van der Waals surface area contributed by atoms with Crippen LogP contribution >= 0.6 is 0 Å². The van der Waals surface area contributed by atoms with E-state index in [-0.39, 0.29) is 6.10 Å². The van der Waals surface area contributed by atoms with Gasteiger partial charge in [-0.2, -0.15) is 0 Å². The van der Waals surface area contributed by atoms with Gasteiger partial charge in [0.2, 0.25) is 0 Å². The highest BCUT2D eigenvalue weighted by Crippen LogP contribution is 2.12. The third-order valence-electron chi connectivity index (χ3n) is 3.21. The lowest BCUT2D eigenvalue weighted by molar-refractivity contribution is 0.0279. The second-order valence-corrected chi connectivity index (χ2v) is 4.87. The van der Waals surface area contributed by atoms with Crippen LogP contribution < -0.4 is 5.32 Å². The van der Waals surface area contributed by atoms with Crippen LogP contribution in [0.1, 0.15) is 45.7 Å². The fourth-order valence-corrected chi connectivity index (χ4v) is 2.31. The molecule has 2 atom stereocenters. The van der Waals surface area contributed by atoms with Gasteiger partial charge >= 0.3 is 0 Å². The predicted molar refractivity (Wildman–Crippen MR) is 80.3 cm³/mol. The summed E-state index contributed by atoms with van der Waals surface area (Å²) in [5.41, 5.74) is 1.14. The molecule has 0 radical (unpaired) electrons. The van der Waals surface area contributed by atoms with Crippen LogP contribution in [0.15, 0.2) is 24.4 Å². The molecule has 0 aliphatic carbocycles. The van der Waals surface area contributed by atoms with Crippen LogP contribution in [0.3, 0.4) is 0 Å². The van der Waals surface area contributed by atoms with E-state index in [2.05, 4.69) is 43.2 Å². The lowest BCUT2D eigenvalue weighted by atomic mass is 10.0. The predicted octanol–water partition coefficient (Wildman–Crippen LogP) is 3.20. The fourth-order valence-electron chi connectivity index (χ4n) is 2.31. The van der Waals surface area contributed by atoms with Crippen molar-refractivity contribution in [1.82, 2.24) is 10.3 Å². The Morgan fingerprint density at radius 1 is 1.21 bits per heavy atom. The highest BCUT2D eigenvalue weighted by molar-refractivity contribution is 5.06. The van der Waals surface area contributed by atoms with E-state index < -0.39 is 0 Å². The maximum Gasteiger partial charge on any atom is 0.0731 e. The van der Waals surface area contributed by atoms with Gasteiger partial charge in [-0.05, 0) is 38.4 Å². The largest absolute Gasteiger partial charge is 0.377 e. The molecule has 3 heteroatoms. The summed E-state index contributed by atoms with van der Waals surface area (Å²) < 4.78 is 5.92. The van der Waals surface area contributed by atoms with Gasteiger partial charge in [0, 0.05) is 31.0 Å². The number of rotatable bonds is 10. The Balaban J connectivity index is 2.67. The number of nitrogens with zero attached hydrogens (tertiary/aromatic N) is 1. The lowest BCUT2D eigenvalue weighted by Crippen LogP contribution is -2.43. The second kappa shape index (κ2) is 9.93. The first-order valence-corrected chi connectivity index (χ1v) is 7.56. The second-order valence-electron chi connectivity index (χ2n) is 4.87. The van der Waals surface area contributed by atoms with Crippen LogP contribution in [-0.4, -0.2) is 30.3 Å². The molecular weight excluding hydrogens is 236 g/mol. The first-order chi connectivity index (χ1) is 9.31. The van der Waals surface area contributed by atoms with Crippen LogP contribution in [0, 0.1) is 0 Å². The zero-order valence-corrected chi connectivity index (χ0v) is 12.6. The van der Waals surface area contributed by atoms with E-state index in [1.165, 1.54) is 0 Å².